The van der Waals surface area contributed by atoms with Crippen LogP contribution in [0.15, 0.2) is 61.1 Å². The number of hydrogen-bond donors (Lipinski definition) is 2. The molecule has 11 heteroatoms. The number of nitrogens with one attached hydrogen (secondary N) is 1. The number of benzene rings is 2. The summed E-state index contributed by atoms with van der Waals surface area (Å²) in [5.74, 6) is -1.26. The van der Waals surface area contributed by atoms with E-state index in [1.807, 2.05) is 48.7 Å². The molecule has 0 saturated carbocycles. The smallest absolute Gasteiger partial charge is 0.485 e. The van der Waals surface area contributed by atoms with Crippen molar-refractivity contribution < 1.29 is 32.5 Å². The van der Waals surface area contributed by atoms with Crippen LogP contribution < -0.4 is 9.47 Å². The summed E-state index contributed by atoms with van der Waals surface area (Å²) < 4.78 is 43.5. The number of carboxylic acids is 1. The monoisotopic (exact) mass is 444 g/mol. The van der Waals surface area contributed by atoms with Crippen LogP contribution in [0.1, 0.15) is 11.8 Å². The summed E-state index contributed by atoms with van der Waals surface area (Å²) in [5, 5.41) is 13.9. The molecule has 1 aliphatic heterocycles. The van der Waals surface area contributed by atoms with Crippen LogP contribution >= 0.6 is 0 Å². The summed E-state index contributed by atoms with van der Waals surface area (Å²) in [7, 11) is 0. The van der Waals surface area contributed by atoms with Crippen LogP contribution in [-0.2, 0) is 4.79 Å². The largest absolute Gasteiger partial charge is 0.490 e. The highest BCUT2D eigenvalue weighted by atomic mass is 19.4. The van der Waals surface area contributed by atoms with E-state index in [0.717, 1.165) is 39.4 Å². The minimum absolute atomic E-state index is 0.264. The number of nitrogens with zero attached hydrogens (tertiary/aromatic N) is 3. The molecule has 0 radical (unpaired) electrons. The number of aliphatic carboxylic acids is 1. The maximum Gasteiger partial charge on any atom is 0.490 e. The van der Waals surface area contributed by atoms with Gasteiger partial charge in [0.25, 0.3) is 0 Å². The number of hydrogen-bond acceptors (Lipinski definition) is 6. The second-order valence-corrected chi connectivity index (χ2v) is 6.65. The van der Waals surface area contributed by atoms with Gasteiger partial charge in [0.2, 0.25) is 0 Å². The van der Waals surface area contributed by atoms with Crippen LogP contribution in [0, 0.1) is 0 Å². The van der Waals surface area contributed by atoms with Crippen molar-refractivity contribution in [2.75, 3.05) is 6.61 Å². The number of halogens is 3. The van der Waals surface area contributed by atoms with E-state index in [1.54, 1.807) is 12.4 Å². The minimum atomic E-state index is -5.08. The van der Waals surface area contributed by atoms with Crippen LogP contribution in [-0.4, -0.2) is 44.0 Å². The van der Waals surface area contributed by atoms with Crippen molar-refractivity contribution in [2.45, 2.75) is 12.3 Å². The zero-order valence-electron chi connectivity index (χ0n) is 16.2. The minimum Gasteiger partial charge on any atom is -0.485 e. The van der Waals surface area contributed by atoms with E-state index in [0.29, 0.717) is 6.61 Å². The second kappa shape index (κ2) is 8.53. The number of carbonyl (C=O) groups is 1. The van der Waals surface area contributed by atoms with Gasteiger partial charge in [0.1, 0.15) is 12.3 Å². The maximum absolute atomic E-state index is 10.6. The predicted octanol–water partition coefficient (Wildman–Crippen LogP) is 4.17. The molecule has 164 valence electrons. The van der Waals surface area contributed by atoms with E-state index in [9.17, 15) is 13.2 Å². The number of rotatable bonds is 2. The van der Waals surface area contributed by atoms with E-state index < -0.39 is 12.1 Å². The molecule has 0 aliphatic carbocycles. The Bertz CT molecular complexity index is 1250. The zero-order valence-corrected chi connectivity index (χ0v) is 16.2. The summed E-state index contributed by atoms with van der Waals surface area (Å²) in [6, 6.07) is 13.6. The Hall–Kier alpha value is -4.15. The number of fused-ring (bicyclic) bond motifs is 2. The van der Waals surface area contributed by atoms with Gasteiger partial charge in [-0.1, -0.05) is 18.2 Å². The van der Waals surface area contributed by atoms with Gasteiger partial charge in [-0.2, -0.15) is 18.3 Å². The molecule has 1 aliphatic rings. The fourth-order valence-corrected chi connectivity index (χ4v) is 2.93. The van der Waals surface area contributed by atoms with Crippen molar-refractivity contribution in [2.24, 2.45) is 0 Å². The summed E-state index contributed by atoms with van der Waals surface area (Å²) >= 11 is 0. The number of aromatic amines is 1. The highest BCUT2D eigenvalue weighted by Crippen LogP contribution is 2.35. The molecule has 32 heavy (non-hydrogen) atoms. The normalized spacial score (nSPS) is 15.0. The molecule has 5 rings (SSSR count). The SMILES string of the molecule is O=C(O)C(F)(F)F.c1ccc2c(c1)OCC(c1cnc3cc(-c4cn[nH]c4)ccc3n1)O2. The maximum atomic E-state index is 10.6. The number of para-hydroxylation sites is 2. The van der Waals surface area contributed by atoms with Crippen molar-refractivity contribution in [1.82, 2.24) is 20.2 Å². The average Bonchev–Trinajstić information content (AvgIpc) is 3.33. The van der Waals surface area contributed by atoms with Crippen LogP contribution in [0.5, 0.6) is 11.5 Å². The Kier molecular flexibility index (Phi) is 5.63. The lowest BCUT2D eigenvalue weighted by Gasteiger charge is -2.25. The number of H-pyrrole nitrogens is 1. The Labute approximate surface area is 178 Å². The van der Waals surface area contributed by atoms with E-state index in [-0.39, 0.29) is 6.10 Å². The van der Waals surface area contributed by atoms with Gasteiger partial charge in [-0.3, -0.25) is 10.1 Å². The first-order valence-corrected chi connectivity index (χ1v) is 9.26. The van der Waals surface area contributed by atoms with Crippen molar-refractivity contribution in [3.63, 3.8) is 0 Å². The van der Waals surface area contributed by atoms with Gasteiger partial charge < -0.3 is 14.6 Å². The lowest BCUT2D eigenvalue weighted by Crippen LogP contribution is -2.22. The topological polar surface area (TPSA) is 110 Å². The van der Waals surface area contributed by atoms with Crippen molar-refractivity contribution in [1.29, 1.82) is 0 Å². The first kappa shape index (κ1) is 21.1. The summed E-state index contributed by atoms with van der Waals surface area (Å²) in [6.45, 7) is 0.421. The molecule has 0 fully saturated rings. The van der Waals surface area contributed by atoms with Gasteiger partial charge in [-0.05, 0) is 29.8 Å². The third-order valence-corrected chi connectivity index (χ3v) is 4.47. The molecule has 4 aromatic rings. The van der Waals surface area contributed by atoms with Gasteiger partial charge in [0.05, 0.1) is 23.4 Å². The van der Waals surface area contributed by atoms with E-state index in [4.69, 9.17) is 24.4 Å². The Morgan fingerprint density at radius 1 is 1.06 bits per heavy atom. The molecule has 0 amide bonds. The standard InChI is InChI=1S/C19H14N4O2.C2HF3O2/c1-2-4-18-17(3-1)24-11-19(25-18)16-10-20-15-7-12(5-6-14(15)23-16)13-8-21-22-9-13;3-2(4,5)1(6)7/h1-10,19H,11H2,(H,21,22);(H,6,7). The molecule has 2 N–H and O–H groups in total. The van der Waals surface area contributed by atoms with E-state index >= 15 is 0 Å². The van der Waals surface area contributed by atoms with Gasteiger partial charge in [-0.15, -0.1) is 0 Å². The van der Waals surface area contributed by atoms with Crippen LogP contribution in [0.4, 0.5) is 13.2 Å². The lowest BCUT2D eigenvalue weighted by atomic mass is 10.1. The summed E-state index contributed by atoms with van der Waals surface area (Å²) in [5.41, 5.74) is 4.49. The van der Waals surface area contributed by atoms with Crippen LogP contribution in [0.2, 0.25) is 0 Å². The second-order valence-electron chi connectivity index (χ2n) is 6.65. The number of ether oxygens (including phenoxy) is 2. The number of carboxylic acid groups (broad SMARTS) is 1. The summed E-state index contributed by atoms with van der Waals surface area (Å²) in [4.78, 5) is 18.2. The number of alkyl halides is 3. The zero-order chi connectivity index (χ0) is 22.7. The molecular weight excluding hydrogens is 429 g/mol. The quantitative estimate of drug-likeness (QED) is 0.478. The molecule has 0 saturated heterocycles. The molecule has 3 heterocycles. The fourth-order valence-electron chi connectivity index (χ4n) is 2.93. The first-order chi connectivity index (χ1) is 15.3. The predicted molar refractivity (Wildman–Crippen MR) is 106 cm³/mol. The Morgan fingerprint density at radius 2 is 1.81 bits per heavy atom. The van der Waals surface area contributed by atoms with E-state index in [2.05, 4.69) is 15.2 Å². The van der Waals surface area contributed by atoms with Crippen molar-refractivity contribution >= 4 is 17.0 Å². The molecule has 8 nitrogen and oxygen atoms in total. The highest BCUT2D eigenvalue weighted by molar-refractivity contribution is 5.81. The van der Waals surface area contributed by atoms with Gasteiger partial charge in [0.15, 0.2) is 17.6 Å². The van der Waals surface area contributed by atoms with Crippen molar-refractivity contribution in [3.8, 4) is 22.6 Å². The van der Waals surface area contributed by atoms with Gasteiger partial charge in [-0.25, -0.2) is 9.78 Å². The first-order valence-electron chi connectivity index (χ1n) is 9.26. The molecule has 1 unspecified atom stereocenters. The average molecular weight is 444 g/mol. The van der Waals surface area contributed by atoms with Crippen LogP contribution in [0.25, 0.3) is 22.2 Å². The Morgan fingerprint density at radius 3 is 2.50 bits per heavy atom. The Balaban J connectivity index is 0.000000307. The van der Waals surface area contributed by atoms with Gasteiger partial charge in [0, 0.05) is 11.8 Å². The van der Waals surface area contributed by atoms with Gasteiger partial charge >= 0.3 is 12.1 Å². The summed E-state index contributed by atoms with van der Waals surface area (Å²) in [6.07, 6.45) is 0.0466. The third kappa shape index (κ3) is 4.61. The highest BCUT2D eigenvalue weighted by Gasteiger charge is 2.38. The molecule has 1 atom stereocenters. The number of aromatic nitrogens is 4. The molecular formula is C21H15F3N4O4. The molecule has 0 bridgehead atoms. The lowest BCUT2D eigenvalue weighted by molar-refractivity contribution is -0.192. The van der Waals surface area contributed by atoms with Crippen molar-refractivity contribution in [3.05, 3.63) is 66.7 Å². The van der Waals surface area contributed by atoms with E-state index in [1.165, 1.54) is 0 Å². The third-order valence-electron chi connectivity index (χ3n) is 4.47. The molecule has 2 aromatic heterocycles. The fraction of sp³-hybridized carbons (Fsp3) is 0.143. The van der Waals surface area contributed by atoms with Crippen LogP contribution in [0.3, 0.4) is 0 Å². The molecule has 2 aromatic carbocycles. The molecule has 0 spiro atoms.